The van der Waals surface area contributed by atoms with Gasteiger partial charge in [-0.15, -0.1) is 0 Å². The molecule has 1 aromatic carbocycles. The number of thioether (sulfide) groups is 1. The quantitative estimate of drug-likeness (QED) is 0.843. The molecule has 0 saturated carbocycles. The van der Waals surface area contributed by atoms with Crippen molar-refractivity contribution in [2.45, 2.75) is 19.4 Å². The summed E-state index contributed by atoms with van der Waals surface area (Å²) in [7, 11) is 0. The first-order valence-corrected chi connectivity index (χ1v) is 8.01. The van der Waals surface area contributed by atoms with Crippen LogP contribution in [0, 0.1) is 17.6 Å². The van der Waals surface area contributed by atoms with E-state index in [0.29, 0.717) is 22.9 Å². The Labute approximate surface area is 119 Å². The van der Waals surface area contributed by atoms with Crippen LogP contribution in [0.2, 0.25) is 0 Å². The van der Waals surface area contributed by atoms with E-state index in [1.807, 2.05) is 11.8 Å². The van der Waals surface area contributed by atoms with Crippen molar-refractivity contribution in [3.63, 3.8) is 0 Å². The largest absolute Gasteiger partial charge is 0.313 e. The highest BCUT2D eigenvalue weighted by Gasteiger charge is 2.29. The number of halogens is 3. The van der Waals surface area contributed by atoms with Crippen molar-refractivity contribution in [3.05, 3.63) is 33.8 Å². The molecule has 0 radical (unpaired) electrons. The summed E-state index contributed by atoms with van der Waals surface area (Å²) >= 11 is 4.96. The molecule has 0 aliphatic carbocycles. The van der Waals surface area contributed by atoms with Crippen LogP contribution in [0.15, 0.2) is 16.6 Å². The lowest BCUT2D eigenvalue weighted by molar-refractivity contribution is 0.418. The summed E-state index contributed by atoms with van der Waals surface area (Å²) in [4.78, 5) is 0. The Kier molecular flexibility index (Phi) is 5.04. The molecule has 1 aromatic rings. The van der Waals surface area contributed by atoms with Gasteiger partial charge in [0.2, 0.25) is 0 Å². The molecule has 100 valence electrons. The SMILES string of the molecule is CCNC1CSCC1Cc1c(F)ccc(Br)c1F. The van der Waals surface area contributed by atoms with E-state index < -0.39 is 11.6 Å². The summed E-state index contributed by atoms with van der Waals surface area (Å²) in [5, 5.41) is 3.39. The molecule has 1 nitrogen and oxygen atoms in total. The van der Waals surface area contributed by atoms with Crippen LogP contribution < -0.4 is 5.32 Å². The molecule has 0 aromatic heterocycles. The minimum absolute atomic E-state index is 0.208. The molecule has 2 atom stereocenters. The monoisotopic (exact) mass is 335 g/mol. The van der Waals surface area contributed by atoms with Gasteiger partial charge in [0, 0.05) is 17.4 Å². The first-order valence-electron chi connectivity index (χ1n) is 6.07. The van der Waals surface area contributed by atoms with Crippen LogP contribution in [0.5, 0.6) is 0 Å². The highest BCUT2D eigenvalue weighted by molar-refractivity contribution is 9.10. The summed E-state index contributed by atoms with van der Waals surface area (Å²) in [6.45, 7) is 2.95. The predicted molar refractivity (Wildman–Crippen MR) is 76.0 cm³/mol. The fraction of sp³-hybridized carbons (Fsp3) is 0.538. The first-order chi connectivity index (χ1) is 8.63. The van der Waals surface area contributed by atoms with Gasteiger partial charge in [-0.25, -0.2) is 8.78 Å². The molecule has 5 heteroatoms. The van der Waals surface area contributed by atoms with Crippen molar-refractivity contribution in [1.29, 1.82) is 0 Å². The second-order valence-corrected chi connectivity index (χ2v) is 6.42. The third-order valence-corrected chi connectivity index (χ3v) is 5.14. The molecule has 0 spiro atoms. The summed E-state index contributed by atoms with van der Waals surface area (Å²) in [6, 6.07) is 3.10. The van der Waals surface area contributed by atoms with Crippen molar-refractivity contribution < 1.29 is 8.78 Å². The third-order valence-electron chi connectivity index (χ3n) is 3.27. The fourth-order valence-corrected chi connectivity index (χ4v) is 4.11. The zero-order valence-corrected chi connectivity index (χ0v) is 12.6. The fourth-order valence-electron chi connectivity index (χ4n) is 2.31. The molecule has 0 bridgehead atoms. The van der Waals surface area contributed by atoms with Gasteiger partial charge in [-0.05, 0) is 52.7 Å². The highest BCUT2D eigenvalue weighted by atomic mass is 79.9. The normalized spacial score (nSPS) is 23.6. The Morgan fingerprint density at radius 3 is 2.89 bits per heavy atom. The van der Waals surface area contributed by atoms with Crippen molar-refractivity contribution in [2.75, 3.05) is 18.1 Å². The minimum Gasteiger partial charge on any atom is -0.313 e. The van der Waals surface area contributed by atoms with Gasteiger partial charge in [-0.3, -0.25) is 0 Å². The predicted octanol–water partition coefficient (Wildman–Crippen LogP) is 3.61. The lowest BCUT2D eigenvalue weighted by Crippen LogP contribution is -2.36. The van der Waals surface area contributed by atoms with Crippen molar-refractivity contribution in [2.24, 2.45) is 5.92 Å². The van der Waals surface area contributed by atoms with Crippen LogP contribution in [-0.4, -0.2) is 24.1 Å². The average Bonchev–Trinajstić information content (AvgIpc) is 2.78. The number of hydrogen-bond donors (Lipinski definition) is 1. The van der Waals surface area contributed by atoms with Crippen LogP contribution in [-0.2, 0) is 6.42 Å². The van der Waals surface area contributed by atoms with E-state index in [9.17, 15) is 8.78 Å². The minimum atomic E-state index is -0.456. The molecule has 1 N–H and O–H groups in total. The molecule has 1 aliphatic rings. The molecule has 2 unspecified atom stereocenters. The van der Waals surface area contributed by atoms with Crippen LogP contribution >= 0.6 is 27.7 Å². The van der Waals surface area contributed by atoms with E-state index in [2.05, 4.69) is 28.2 Å². The zero-order chi connectivity index (χ0) is 13.1. The van der Waals surface area contributed by atoms with E-state index in [-0.39, 0.29) is 5.56 Å². The van der Waals surface area contributed by atoms with Gasteiger partial charge in [0.05, 0.1) is 4.47 Å². The summed E-state index contributed by atoms with van der Waals surface area (Å²) in [6.07, 6.45) is 0.460. The van der Waals surface area contributed by atoms with Crippen molar-refractivity contribution >= 4 is 27.7 Å². The molecule has 1 fully saturated rings. The summed E-state index contributed by atoms with van der Waals surface area (Å²) in [5.41, 5.74) is 0.208. The maximum Gasteiger partial charge on any atom is 0.143 e. The molecular formula is C13H16BrF2NS. The van der Waals surface area contributed by atoms with Crippen LogP contribution in [0.25, 0.3) is 0 Å². The van der Waals surface area contributed by atoms with Crippen LogP contribution in [0.4, 0.5) is 8.78 Å². The molecule has 18 heavy (non-hydrogen) atoms. The van der Waals surface area contributed by atoms with Crippen molar-refractivity contribution in [3.8, 4) is 0 Å². The summed E-state index contributed by atoms with van der Waals surface area (Å²) < 4.78 is 28.0. The van der Waals surface area contributed by atoms with E-state index >= 15 is 0 Å². The topological polar surface area (TPSA) is 12.0 Å². The third kappa shape index (κ3) is 3.06. The molecule has 1 heterocycles. The van der Waals surface area contributed by atoms with Crippen molar-refractivity contribution in [1.82, 2.24) is 5.32 Å². The van der Waals surface area contributed by atoms with Crippen LogP contribution in [0.3, 0.4) is 0 Å². The average molecular weight is 336 g/mol. The molecule has 2 rings (SSSR count). The van der Waals surface area contributed by atoms with Gasteiger partial charge in [-0.2, -0.15) is 11.8 Å². The maximum absolute atomic E-state index is 13.9. The zero-order valence-electron chi connectivity index (χ0n) is 10.2. The van der Waals surface area contributed by atoms with Gasteiger partial charge >= 0.3 is 0 Å². The molecular weight excluding hydrogens is 320 g/mol. The smallest absolute Gasteiger partial charge is 0.143 e. The maximum atomic E-state index is 13.9. The Morgan fingerprint density at radius 2 is 2.17 bits per heavy atom. The van der Waals surface area contributed by atoms with Gasteiger partial charge < -0.3 is 5.32 Å². The lowest BCUT2D eigenvalue weighted by atomic mass is 9.94. The summed E-state index contributed by atoms with van der Waals surface area (Å²) in [5.74, 6) is 1.39. The van der Waals surface area contributed by atoms with E-state index in [1.165, 1.54) is 12.1 Å². The van der Waals surface area contributed by atoms with E-state index in [1.54, 1.807) is 0 Å². The number of benzene rings is 1. The Morgan fingerprint density at radius 1 is 1.39 bits per heavy atom. The standard InChI is InChI=1S/C13H16BrF2NS/c1-2-17-12-7-18-6-8(12)5-9-11(15)4-3-10(14)13(9)16/h3-4,8,12,17H,2,5-7H2,1H3. The van der Waals surface area contributed by atoms with Gasteiger partial charge in [0.25, 0.3) is 0 Å². The lowest BCUT2D eigenvalue weighted by Gasteiger charge is -2.20. The van der Waals surface area contributed by atoms with Crippen LogP contribution in [0.1, 0.15) is 12.5 Å². The van der Waals surface area contributed by atoms with E-state index in [4.69, 9.17) is 0 Å². The van der Waals surface area contributed by atoms with Gasteiger partial charge in [0.1, 0.15) is 11.6 Å². The highest BCUT2D eigenvalue weighted by Crippen LogP contribution is 2.30. The Balaban J connectivity index is 2.16. The Hall–Kier alpha value is -0.130. The second kappa shape index (κ2) is 6.35. The number of rotatable bonds is 4. The molecule has 0 amide bonds. The van der Waals surface area contributed by atoms with Gasteiger partial charge in [-0.1, -0.05) is 6.92 Å². The number of nitrogens with one attached hydrogen (secondary N) is 1. The van der Waals surface area contributed by atoms with E-state index in [0.717, 1.165) is 18.1 Å². The molecule has 1 aliphatic heterocycles. The molecule has 1 saturated heterocycles. The van der Waals surface area contributed by atoms with Gasteiger partial charge in [0.15, 0.2) is 0 Å². The first kappa shape index (κ1) is 14.3. The number of hydrogen-bond acceptors (Lipinski definition) is 2. The second-order valence-electron chi connectivity index (χ2n) is 4.49. The Bertz CT molecular complexity index is 428.